The highest BCUT2D eigenvalue weighted by atomic mass is 32.1. The van der Waals surface area contributed by atoms with Gasteiger partial charge >= 0.3 is 6.09 Å². The van der Waals surface area contributed by atoms with Gasteiger partial charge in [-0.3, -0.25) is 4.90 Å². The molecule has 0 saturated carbocycles. The summed E-state index contributed by atoms with van der Waals surface area (Å²) in [6, 6.07) is 0.297. The number of nitrogens with zero attached hydrogens (tertiary/aromatic N) is 4. The molecule has 2 aromatic rings. The van der Waals surface area contributed by atoms with Crippen LogP contribution in [0.15, 0.2) is 0 Å². The van der Waals surface area contributed by atoms with Gasteiger partial charge in [-0.05, 0) is 72.0 Å². The highest BCUT2D eigenvalue weighted by Crippen LogP contribution is 2.34. The van der Waals surface area contributed by atoms with E-state index in [1.165, 1.54) is 23.3 Å². The zero-order chi connectivity index (χ0) is 21.3. The van der Waals surface area contributed by atoms with Gasteiger partial charge in [0, 0.05) is 24.0 Å². The van der Waals surface area contributed by atoms with Crippen LogP contribution in [-0.2, 0) is 11.3 Å². The summed E-state index contributed by atoms with van der Waals surface area (Å²) in [5.74, 6) is 1.87. The summed E-state index contributed by atoms with van der Waals surface area (Å²) in [5, 5.41) is 4.86. The molecular weight excluding hydrogens is 398 g/mol. The van der Waals surface area contributed by atoms with Gasteiger partial charge in [-0.1, -0.05) is 0 Å². The van der Waals surface area contributed by atoms with Crippen molar-refractivity contribution < 1.29 is 9.53 Å². The molecule has 2 aliphatic heterocycles. The second-order valence-corrected chi connectivity index (χ2v) is 9.98. The number of nitrogens with one attached hydrogen (secondary N) is 1. The largest absolute Gasteiger partial charge is 0.447 e. The van der Waals surface area contributed by atoms with Gasteiger partial charge in [0.15, 0.2) is 0 Å². The maximum atomic E-state index is 12.2. The molecule has 0 atom stereocenters. The highest BCUT2D eigenvalue weighted by Gasteiger charge is 2.26. The molecule has 2 fully saturated rings. The van der Waals surface area contributed by atoms with Crippen LogP contribution in [0.25, 0.3) is 10.2 Å². The first-order valence-electron chi connectivity index (χ1n) is 11.1. The van der Waals surface area contributed by atoms with Gasteiger partial charge in [-0.2, -0.15) is 0 Å². The SMILES string of the molecule is Cc1sc2nc(CN3CCCC3)nc(NC3CCN(C(=O)OC(C)C)CC3)c2c1C. The minimum Gasteiger partial charge on any atom is -0.447 e. The van der Waals surface area contributed by atoms with E-state index < -0.39 is 0 Å². The van der Waals surface area contributed by atoms with Gasteiger partial charge in [0.05, 0.1) is 18.0 Å². The molecular formula is C22H33N5O2S. The van der Waals surface area contributed by atoms with Crippen molar-refractivity contribution in [2.75, 3.05) is 31.5 Å². The summed E-state index contributed by atoms with van der Waals surface area (Å²) in [5.41, 5.74) is 1.27. The number of carbonyl (C=O) groups is 1. The van der Waals surface area contributed by atoms with E-state index in [9.17, 15) is 4.79 Å². The molecule has 8 heteroatoms. The van der Waals surface area contributed by atoms with Crippen LogP contribution in [0, 0.1) is 13.8 Å². The molecule has 1 amide bonds. The molecule has 30 heavy (non-hydrogen) atoms. The van der Waals surface area contributed by atoms with Gasteiger partial charge in [-0.15, -0.1) is 11.3 Å². The third kappa shape index (κ3) is 4.70. The minimum atomic E-state index is -0.204. The maximum Gasteiger partial charge on any atom is 0.410 e. The number of fused-ring (bicyclic) bond motifs is 1. The Kier molecular flexibility index (Phi) is 6.43. The van der Waals surface area contributed by atoms with Crippen molar-refractivity contribution >= 4 is 33.5 Å². The maximum absolute atomic E-state index is 12.2. The molecule has 7 nitrogen and oxygen atoms in total. The smallest absolute Gasteiger partial charge is 0.410 e. The number of carbonyl (C=O) groups excluding carboxylic acids is 1. The predicted molar refractivity (Wildman–Crippen MR) is 121 cm³/mol. The Morgan fingerprint density at radius 2 is 1.87 bits per heavy atom. The summed E-state index contributed by atoms with van der Waals surface area (Å²) >= 11 is 1.76. The number of anilines is 1. The van der Waals surface area contributed by atoms with Gasteiger partial charge in [0.25, 0.3) is 0 Å². The van der Waals surface area contributed by atoms with Crippen LogP contribution < -0.4 is 5.32 Å². The molecule has 2 aromatic heterocycles. The third-order valence-electron chi connectivity index (χ3n) is 6.07. The van der Waals surface area contributed by atoms with Crippen LogP contribution in [0.4, 0.5) is 10.6 Å². The van der Waals surface area contributed by atoms with E-state index in [2.05, 4.69) is 24.1 Å². The fraction of sp³-hybridized carbons (Fsp3) is 0.682. The molecule has 0 spiro atoms. The van der Waals surface area contributed by atoms with Crippen molar-refractivity contribution in [3.05, 3.63) is 16.3 Å². The summed E-state index contributed by atoms with van der Waals surface area (Å²) in [6.07, 6.45) is 4.03. The molecule has 164 valence electrons. The van der Waals surface area contributed by atoms with E-state index in [-0.39, 0.29) is 12.2 Å². The predicted octanol–water partition coefficient (Wildman–Crippen LogP) is 4.33. The lowest BCUT2D eigenvalue weighted by molar-refractivity contribution is 0.0701. The molecule has 0 aliphatic carbocycles. The Hall–Kier alpha value is -1.93. The summed E-state index contributed by atoms with van der Waals surface area (Å²) in [6.45, 7) is 12.6. The van der Waals surface area contributed by atoms with Crippen molar-refractivity contribution in [2.45, 2.75) is 72.1 Å². The molecule has 4 rings (SSSR count). The lowest BCUT2D eigenvalue weighted by Gasteiger charge is -2.32. The first kappa shape index (κ1) is 21.3. The molecule has 2 aliphatic rings. The average Bonchev–Trinajstić information content (AvgIpc) is 3.30. The quantitative estimate of drug-likeness (QED) is 0.760. The molecule has 1 N–H and O–H groups in total. The standard InChI is InChI=1S/C22H33N5O2S/c1-14(2)29-22(28)27-11-7-17(8-12-27)23-20-19-15(3)16(4)30-21(19)25-18(24-20)13-26-9-5-6-10-26/h14,17H,5-13H2,1-4H3,(H,23,24,25). The lowest BCUT2D eigenvalue weighted by atomic mass is 10.1. The molecule has 4 heterocycles. The Morgan fingerprint density at radius 3 is 2.53 bits per heavy atom. The first-order chi connectivity index (χ1) is 14.4. The van der Waals surface area contributed by atoms with Crippen LogP contribution in [0.2, 0.25) is 0 Å². The fourth-order valence-corrected chi connectivity index (χ4v) is 5.33. The molecule has 0 unspecified atom stereocenters. The fourth-order valence-electron chi connectivity index (χ4n) is 4.29. The van der Waals surface area contributed by atoms with Crippen LogP contribution in [-0.4, -0.2) is 64.2 Å². The van der Waals surface area contributed by atoms with E-state index in [0.29, 0.717) is 19.1 Å². The van der Waals surface area contributed by atoms with Crippen molar-refractivity contribution in [3.63, 3.8) is 0 Å². The van der Waals surface area contributed by atoms with E-state index in [1.807, 2.05) is 18.7 Å². The number of piperidine rings is 1. The Bertz CT molecular complexity index is 899. The zero-order valence-electron chi connectivity index (χ0n) is 18.5. The van der Waals surface area contributed by atoms with Gasteiger partial charge < -0.3 is 15.0 Å². The van der Waals surface area contributed by atoms with Gasteiger partial charge in [0.2, 0.25) is 0 Å². The number of hydrogen-bond acceptors (Lipinski definition) is 7. The lowest BCUT2D eigenvalue weighted by Crippen LogP contribution is -2.43. The molecule has 0 aromatic carbocycles. The number of aromatic nitrogens is 2. The van der Waals surface area contributed by atoms with Crippen LogP contribution >= 0.6 is 11.3 Å². The molecule has 0 bridgehead atoms. The van der Waals surface area contributed by atoms with Gasteiger partial charge in [-0.25, -0.2) is 14.8 Å². The van der Waals surface area contributed by atoms with Crippen molar-refractivity contribution in [2.24, 2.45) is 0 Å². The number of aryl methyl sites for hydroxylation is 2. The van der Waals surface area contributed by atoms with E-state index in [0.717, 1.165) is 54.3 Å². The van der Waals surface area contributed by atoms with E-state index in [4.69, 9.17) is 14.7 Å². The third-order valence-corrected chi connectivity index (χ3v) is 7.17. The normalized spacial score (nSPS) is 18.5. The van der Waals surface area contributed by atoms with Crippen molar-refractivity contribution in [3.8, 4) is 0 Å². The second-order valence-electron chi connectivity index (χ2n) is 8.77. The number of amides is 1. The zero-order valence-corrected chi connectivity index (χ0v) is 19.3. The number of rotatable bonds is 5. The van der Waals surface area contributed by atoms with E-state index >= 15 is 0 Å². The Balaban J connectivity index is 1.49. The number of hydrogen-bond donors (Lipinski definition) is 1. The number of ether oxygens (including phenoxy) is 1. The van der Waals surface area contributed by atoms with Crippen LogP contribution in [0.5, 0.6) is 0 Å². The Labute approximate surface area is 182 Å². The second kappa shape index (κ2) is 9.06. The van der Waals surface area contributed by atoms with Gasteiger partial charge in [0.1, 0.15) is 16.5 Å². The van der Waals surface area contributed by atoms with Crippen LogP contribution in [0.1, 0.15) is 55.8 Å². The van der Waals surface area contributed by atoms with Crippen molar-refractivity contribution in [1.82, 2.24) is 19.8 Å². The van der Waals surface area contributed by atoms with Crippen LogP contribution in [0.3, 0.4) is 0 Å². The topological polar surface area (TPSA) is 70.6 Å². The molecule has 0 radical (unpaired) electrons. The van der Waals surface area contributed by atoms with E-state index in [1.54, 1.807) is 11.3 Å². The first-order valence-corrected chi connectivity index (χ1v) is 11.9. The summed E-state index contributed by atoms with van der Waals surface area (Å²) in [4.78, 5) is 28.7. The minimum absolute atomic E-state index is 0.0820. The summed E-state index contributed by atoms with van der Waals surface area (Å²) < 4.78 is 5.34. The molecule has 2 saturated heterocycles. The number of likely N-dealkylation sites (tertiary alicyclic amines) is 2. The monoisotopic (exact) mass is 431 g/mol. The average molecular weight is 432 g/mol. The number of thiophene rings is 1. The Morgan fingerprint density at radius 1 is 1.17 bits per heavy atom. The highest BCUT2D eigenvalue weighted by molar-refractivity contribution is 7.18. The van der Waals surface area contributed by atoms with Crippen molar-refractivity contribution in [1.29, 1.82) is 0 Å². The summed E-state index contributed by atoms with van der Waals surface area (Å²) in [7, 11) is 0.